The summed E-state index contributed by atoms with van der Waals surface area (Å²) in [6.07, 6.45) is 0. The lowest BCUT2D eigenvalue weighted by Gasteiger charge is -2.15. The van der Waals surface area contributed by atoms with Crippen LogP contribution in [0.15, 0.2) is 194 Å². The Morgan fingerprint density at radius 2 is 0.839 bits per heavy atom. The van der Waals surface area contributed by atoms with Gasteiger partial charge in [0.05, 0.1) is 16.7 Å². The van der Waals surface area contributed by atoms with E-state index in [0.717, 1.165) is 27.9 Å². The van der Waals surface area contributed by atoms with E-state index in [4.69, 9.17) is 15.0 Å². The maximum atomic E-state index is 5.14. The summed E-state index contributed by atoms with van der Waals surface area (Å²) in [6, 6.07) is 68.6. The number of benzene rings is 8. The van der Waals surface area contributed by atoms with Crippen LogP contribution < -0.4 is 0 Å². The fourth-order valence-electron chi connectivity index (χ4n) is 8.06. The molecule has 0 amide bonds. The fourth-order valence-corrected chi connectivity index (χ4v) is 9.17. The van der Waals surface area contributed by atoms with E-state index in [1.165, 1.54) is 58.7 Å². The van der Waals surface area contributed by atoms with Crippen molar-refractivity contribution in [3.05, 3.63) is 194 Å². The SMILES string of the molecule is c1ccc(-c2ccc(-c3nc(-c4ccccc4)nc(-c4ccc5sc6cccc(-c7ccccc7-n7c8ccccc8c8ccccc87)c6c5c4)n3)cc2)cc1. The molecule has 11 aromatic rings. The Bertz CT molecular complexity index is 3180. The maximum absolute atomic E-state index is 5.14. The molecule has 0 saturated carbocycles. The minimum atomic E-state index is 0.643. The van der Waals surface area contributed by atoms with Gasteiger partial charge in [-0.1, -0.05) is 152 Å². The second-order valence-electron chi connectivity index (χ2n) is 14.0. The Labute approximate surface area is 327 Å². The third kappa shape index (κ3) is 5.40. The lowest BCUT2D eigenvalue weighted by Crippen LogP contribution is -2.00. The lowest BCUT2D eigenvalue weighted by atomic mass is 9.97. The molecule has 0 atom stereocenters. The van der Waals surface area contributed by atoms with Crippen LogP contribution in [0, 0.1) is 0 Å². The lowest BCUT2D eigenvalue weighted by molar-refractivity contribution is 1.07. The summed E-state index contributed by atoms with van der Waals surface area (Å²) in [5.74, 6) is 1.93. The first-order valence-electron chi connectivity index (χ1n) is 18.8. The van der Waals surface area contributed by atoms with E-state index in [0.29, 0.717) is 17.5 Å². The predicted molar refractivity (Wildman–Crippen MR) is 234 cm³/mol. The zero-order valence-corrected chi connectivity index (χ0v) is 31.0. The third-order valence-electron chi connectivity index (χ3n) is 10.7. The molecule has 56 heavy (non-hydrogen) atoms. The first-order chi connectivity index (χ1) is 27.8. The van der Waals surface area contributed by atoms with Crippen LogP contribution in [-0.4, -0.2) is 19.5 Å². The molecule has 0 saturated heterocycles. The summed E-state index contributed by atoms with van der Waals surface area (Å²) in [7, 11) is 0. The van der Waals surface area contributed by atoms with Gasteiger partial charge in [0.15, 0.2) is 17.5 Å². The van der Waals surface area contributed by atoms with Gasteiger partial charge in [0.25, 0.3) is 0 Å². The summed E-state index contributed by atoms with van der Waals surface area (Å²) in [5.41, 5.74) is 11.1. The highest BCUT2D eigenvalue weighted by atomic mass is 32.1. The summed E-state index contributed by atoms with van der Waals surface area (Å²) in [4.78, 5) is 15.2. The predicted octanol–water partition coefficient (Wildman–Crippen LogP) is 13.7. The normalized spacial score (nSPS) is 11.6. The van der Waals surface area contributed by atoms with Gasteiger partial charge in [0.1, 0.15) is 0 Å². The molecule has 0 aliphatic rings. The van der Waals surface area contributed by atoms with Crippen molar-refractivity contribution in [1.29, 1.82) is 0 Å². The second-order valence-corrected chi connectivity index (χ2v) is 15.1. The van der Waals surface area contributed by atoms with E-state index < -0.39 is 0 Å². The minimum Gasteiger partial charge on any atom is -0.309 e. The van der Waals surface area contributed by atoms with Crippen molar-refractivity contribution in [2.75, 3.05) is 0 Å². The van der Waals surface area contributed by atoms with Crippen LogP contribution in [0.5, 0.6) is 0 Å². The zero-order chi connectivity index (χ0) is 37.0. The average Bonchev–Trinajstić information content (AvgIpc) is 3.82. The van der Waals surface area contributed by atoms with Gasteiger partial charge in [0.2, 0.25) is 0 Å². The van der Waals surface area contributed by atoms with Crippen LogP contribution in [0.2, 0.25) is 0 Å². The summed E-state index contributed by atoms with van der Waals surface area (Å²) in [5, 5.41) is 4.92. The van der Waals surface area contributed by atoms with Gasteiger partial charge in [-0.2, -0.15) is 0 Å². The molecule has 8 aromatic carbocycles. The summed E-state index contributed by atoms with van der Waals surface area (Å²) >= 11 is 1.82. The molecule has 4 nitrogen and oxygen atoms in total. The van der Waals surface area contributed by atoms with Gasteiger partial charge in [-0.05, 0) is 59.2 Å². The molecule has 0 radical (unpaired) electrons. The van der Waals surface area contributed by atoms with Crippen molar-refractivity contribution in [2.45, 2.75) is 0 Å². The smallest absolute Gasteiger partial charge is 0.164 e. The Hall–Kier alpha value is -7.21. The highest BCUT2D eigenvalue weighted by molar-refractivity contribution is 7.26. The number of fused-ring (bicyclic) bond motifs is 6. The molecule has 0 N–H and O–H groups in total. The van der Waals surface area contributed by atoms with Crippen LogP contribution in [0.3, 0.4) is 0 Å². The highest BCUT2D eigenvalue weighted by Gasteiger charge is 2.19. The number of aromatic nitrogens is 4. The number of rotatable bonds is 6. The maximum Gasteiger partial charge on any atom is 0.164 e. The molecule has 0 unspecified atom stereocenters. The number of thiophene rings is 1. The first kappa shape index (κ1) is 32.2. The number of para-hydroxylation sites is 3. The van der Waals surface area contributed by atoms with Gasteiger partial charge < -0.3 is 4.57 Å². The van der Waals surface area contributed by atoms with Crippen LogP contribution in [0.1, 0.15) is 0 Å². The van der Waals surface area contributed by atoms with Crippen molar-refractivity contribution in [3.63, 3.8) is 0 Å². The standard InChI is InChI=1S/C51H32N4S/c1-3-14-33(15-4-1)34-26-28-36(29-27-34)50-52-49(35-16-5-2-6-17-35)53-51(54-50)37-30-31-46-42(32-37)48-41(21-13-25-47(48)56-46)40-20-9-12-24-45(40)55-43-22-10-7-18-38(43)39-19-8-11-23-44(39)55/h1-32H. The van der Waals surface area contributed by atoms with E-state index in [1.54, 1.807) is 0 Å². The van der Waals surface area contributed by atoms with Crippen LogP contribution in [-0.2, 0) is 0 Å². The van der Waals surface area contributed by atoms with Gasteiger partial charge in [-0.15, -0.1) is 11.3 Å². The quantitative estimate of drug-likeness (QED) is 0.171. The first-order valence-corrected chi connectivity index (χ1v) is 19.6. The van der Waals surface area contributed by atoms with E-state index in [9.17, 15) is 0 Å². The molecule has 0 aliphatic carbocycles. The largest absolute Gasteiger partial charge is 0.309 e. The van der Waals surface area contributed by atoms with E-state index in [2.05, 4.69) is 174 Å². The minimum absolute atomic E-state index is 0.643. The van der Waals surface area contributed by atoms with Crippen molar-refractivity contribution in [2.24, 2.45) is 0 Å². The molecular weight excluding hydrogens is 701 g/mol. The van der Waals surface area contributed by atoms with Gasteiger partial charge in [-0.3, -0.25) is 0 Å². The van der Waals surface area contributed by atoms with Crippen molar-refractivity contribution >= 4 is 53.3 Å². The van der Waals surface area contributed by atoms with Crippen LogP contribution in [0.4, 0.5) is 0 Å². The summed E-state index contributed by atoms with van der Waals surface area (Å²) < 4.78 is 4.88. The van der Waals surface area contributed by atoms with Crippen LogP contribution in [0.25, 0.3) is 104 Å². The van der Waals surface area contributed by atoms with E-state index in [-0.39, 0.29) is 0 Å². The Balaban J connectivity index is 1.09. The van der Waals surface area contributed by atoms with E-state index >= 15 is 0 Å². The molecule has 11 rings (SSSR count). The van der Waals surface area contributed by atoms with E-state index in [1.807, 2.05) is 35.6 Å². The number of hydrogen-bond acceptors (Lipinski definition) is 4. The monoisotopic (exact) mass is 732 g/mol. The molecule has 3 aromatic heterocycles. The van der Waals surface area contributed by atoms with Crippen molar-refractivity contribution in [3.8, 4) is 62.1 Å². The average molecular weight is 733 g/mol. The molecule has 0 bridgehead atoms. The Morgan fingerprint density at radius 1 is 0.339 bits per heavy atom. The second kappa shape index (κ2) is 13.3. The van der Waals surface area contributed by atoms with Gasteiger partial charge in [-0.25, -0.2) is 15.0 Å². The number of hydrogen-bond donors (Lipinski definition) is 0. The molecule has 0 fully saturated rings. The van der Waals surface area contributed by atoms with Crippen molar-refractivity contribution < 1.29 is 0 Å². The number of nitrogens with zero attached hydrogens (tertiary/aromatic N) is 4. The zero-order valence-electron chi connectivity index (χ0n) is 30.2. The Kier molecular flexibility index (Phi) is 7.64. The fraction of sp³-hybridized carbons (Fsp3) is 0. The molecular formula is C51H32N4S. The molecule has 0 aliphatic heterocycles. The Morgan fingerprint density at radius 3 is 1.54 bits per heavy atom. The van der Waals surface area contributed by atoms with Crippen molar-refractivity contribution in [1.82, 2.24) is 19.5 Å². The molecule has 262 valence electrons. The molecule has 0 spiro atoms. The highest BCUT2D eigenvalue weighted by Crippen LogP contribution is 2.44. The molecule has 3 heterocycles. The van der Waals surface area contributed by atoms with Crippen LogP contribution >= 0.6 is 11.3 Å². The molecule has 5 heteroatoms. The summed E-state index contributed by atoms with van der Waals surface area (Å²) in [6.45, 7) is 0. The van der Waals surface area contributed by atoms with Gasteiger partial charge >= 0.3 is 0 Å². The topological polar surface area (TPSA) is 43.6 Å². The third-order valence-corrected chi connectivity index (χ3v) is 11.8. The van der Waals surface area contributed by atoms with Gasteiger partial charge in [0, 0.05) is 53.2 Å².